The standard InChI is InChI=1S/C28H25FN4O4/c29-21-7-6-19-14-25(32-23(19)15-21)28(37)33-24(12-18-4-2-1-3-5-18)27(17-36)31-22(9-11-34)13-20-8-10-30-26(20)16-35/h1-7,9,14-15,20,22,24,30-32H,8,10,12-13H2,(H,33,37)/t20-,22?,24?/m0/s1. The Balaban J connectivity index is 1.58. The summed E-state index contributed by atoms with van der Waals surface area (Å²) >= 11 is 0. The molecule has 3 aromatic rings. The Morgan fingerprint density at radius 2 is 1.92 bits per heavy atom. The highest BCUT2D eigenvalue weighted by Crippen LogP contribution is 2.23. The minimum Gasteiger partial charge on any atom is -0.379 e. The molecule has 1 aliphatic rings. The summed E-state index contributed by atoms with van der Waals surface area (Å²) in [6.07, 6.45) is 2.53. The third-order valence-electron chi connectivity index (χ3n) is 6.35. The molecular formula is C28H25FN4O4. The van der Waals surface area contributed by atoms with Crippen LogP contribution >= 0.6 is 0 Å². The van der Waals surface area contributed by atoms with Crippen molar-refractivity contribution in [3.63, 3.8) is 0 Å². The third kappa shape index (κ3) is 6.31. The van der Waals surface area contributed by atoms with Crippen LogP contribution in [-0.2, 0) is 20.8 Å². The Kier molecular flexibility index (Phi) is 8.14. The van der Waals surface area contributed by atoms with E-state index in [1.54, 1.807) is 18.1 Å². The van der Waals surface area contributed by atoms with Gasteiger partial charge in [-0.25, -0.2) is 18.8 Å². The van der Waals surface area contributed by atoms with Gasteiger partial charge < -0.3 is 20.9 Å². The van der Waals surface area contributed by atoms with Crippen molar-refractivity contribution in [2.75, 3.05) is 6.54 Å². The summed E-state index contributed by atoms with van der Waals surface area (Å²) in [7, 11) is 0. The molecule has 1 aromatic heterocycles. The molecule has 9 heteroatoms. The lowest BCUT2D eigenvalue weighted by atomic mass is 9.95. The van der Waals surface area contributed by atoms with Crippen molar-refractivity contribution >= 4 is 34.6 Å². The molecule has 3 atom stereocenters. The molecule has 0 saturated carbocycles. The van der Waals surface area contributed by atoms with Gasteiger partial charge in [-0.1, -0.05) is 30.3 Å². The van der Waals surface area contributed by atoms with E-state index in [1.165, 1.54) is 18.2 Å². The van der Waals surface area contributed by atoms with E-state index in [2.05, 4.69) is 20.9 Å². The van der Waals surface area contributed by atoms with Crippen molar-refractivity contribution in [3.05, 3.63) is 89.1 Å². The van der Waals surface area contributed by atoms with Gasteiger partial charge in [-0.3, -0.25) is 4.79 Å². The number of H-pyrrole nitrogens is 1. The number of fused-ring (bicyclic) bond motifs is 1. The number of halogens is 1. The number of rotatable bonds is 10. The van der Waals surface area contributed by atoms with Gasteiger partial charge in [-0.15, -0.1) is 0 Å². The van der Waals surface area contributed by atoms with Crippen LogP contribution in [0.1, 0.15) is 28.9 Å². The maximum atomic E-state index is 13.6. The number of amides is 1. The Hall–Kier alpha value is -4.67. The van der Waals surface area contributed by atoms with Crippen LogP contribution in [0.2, 0.25) is 0 Å². The predicted octanol–water partition coefficient (Wildman–Crippen LogP) is 2.42. The highest BCUT2D eigenvalue weighted by Gasteiger charge is 2.27. The summed E-state index contributed by atoms with van der Waals surface area (Å²) < 4.78 is 13.6. The number of hydrogen-bond acceptors (Lipinski definition) is 6. The SMILES string of the molecule is O=C=CC(C[C@@H]1CCNC1=C=O)NC(=C=O)C(Cc1ccccc1)NC(=O)c1cc2ccc(F)cc2[nH]1. The fraction of sp³-hybridized carbons (Fsp3) is 0.250. The minimum absolute atomic E-state index is 0.0402. The van der Waals surface area contributed by atoms with Crippen molar-refractivity contribution in [2.45, 2.75) is 31.3 Å². The first kappa shape index (κ1) is 25.4. The first-order chi connectivity index (χ1) is 18.0. The van der Waals surface area contributed by atoms with Crippen LogP contribution in [0.5, 0.6) is 0 Å². The molecule has 1 amide bonds. The van der Waals surface area contributed by atoms with E-state index in [-0.39, 0.29) is 23.7 Å². The van der Waals surface area contributed by atoms with Crippen molar-refractivity contribution < 1.29 is 23.6 Å². The Bertz CT molecular complexity index is 1430. The van der Waals surface area contributed by atoms with E-state index in [0.717, 1.165) is 5.56 Å². The van der Waals surface area contributed by atoms with Crippen molar-refractivity contribution in [2.24, 2.45) is 5.92 Å². The number of carbonyl (C=O) groups excluding carboxylic acids is 4. The molecule has 188 valence electrons. The second-order valence-corrected chi connectivity index (χ2v) is 8.85. The topological polar surface area (TPSA) is 120 Å². The van der Waals surface area contributed by atoms with Crippen LogP contribution in [0.15, 0.2) is 72.1 Å². The van der Waals surface area contributed by atoms with E-state index < -0.39 is 23.8 Å². The predicted molar refractivity (Wildman–Crippen MR) is 136 cm³/mol. The van der Waals surface area contributed by atoms with Gasteiger partial charge in [0.05, 0.1) is 17.8 Å². The summed E-state index contributed by atoms with van der Waals surface area (Å²) in [6.45, 7) is 0.615. The van der Waals surface area contributed by atoms with Crippen LogP contribution < -0.4 is 16.0 Å². The summed E-state index contributed by atoms with van der Waals surface area (Å²) in [5.74, 6) is 4.42. The summed E-state index contributed by atoms with van der Waals surface area (Å²) in [6, 6.07) is 13.6. The molecule has 1 fully saturated rings. The summed E-state index contributed by atoms with van der Waals surface area (Å²) in [5, 5.41) is 9.50. The molecule has 1 saturated heterocycles. The number of allylic oxidation sites excluding steroid dienone is 1. The smallest absolute Gasteiger partial charge is 0.268 e. The molecular weight excluding hydrogens is 475 g/mol. The van der Waals surface area contributed by atoms with E-state index in [4.69, 9.17) is 0 Å². The molecule has 2 aromatic carbocycles. The van der Waals surface area contributed by atoms with Crippen LogP contribution in [-0.4, -0.2) is 47.3 Å². The van der Waals surface area contributed by atoms with Gasteiger partial charge in [0.1, 0.15) is 35.0 Å². The monoisotopic (exact) mass is 500 g/mol. The van der Waals surface area contributed by atoms with Gasteiger partial charge in [0.15, 0.2) is 0 Å². The number of nitrogens with one attached hydrogen (secondary N) is 4. The average molecular weight is 501 g/mol. The number of carbonyl (C=O) groups is 1. The average Bonchev–Trinajstić information content (AvgIpc) is 3.53. The number of hydrogen-bond donors (Lipinski definition) is 4. The van der Waals surface area contributed by atoms with E-state index in [0.29, 0.717) is 36.0 Å². The van der Waals surface area contributed by atoms with Crippen LogP contribution in [0.25, 0.3) is 10.9 Å². The highest BCUT2D eigenvalue weighted by atomic mass is 19.1. The number of aromatic amines is 1. The van der Waals surface area contributed by atoms with Crippen LogP contribution in [0.3, 0.4) is 0 Å². The second-order valence-electron chi connectivity index (χ2n) is 8.85. The summed E-state index contributed by atoms with van der Waals surface area (Å²) in [4.78, 5) is 50.6. The van der Waals surface area contributed by atoms with Crippen molar-refractivity contribution in [1.82, 2.24) is 20.9 Å². The zero-order valence-corrected chi connectivity index (χ0v) is 19.8. The molecule has 0 spiro atoms. The van der Waals surface area contributed by atoms with Crippen LogP contribution in [0.4, 0.5) is 4.39 Å². The fourth-order valence-corrected chi connectivity index (χ4v) is 4.52. The van der Waals surface area contributed by atoms with Gasteiger partial charge >= 0.3 is 0 Å². The largest absolute Gasteiger partial charge is 0.379 e. The second kappa shape index (κ2) is 11.8. The first-order valence-electron chi connectivity index (χ1n) is 11.8. The molecule has 4 N–H and O–H groups in total. The molecule has 2 unspecified atom stereocenters. The number of benzene rings is 2. The van der Waals surface area contributed by atoms with Crippen molar-refractivity contribution in [3.8, 4) is 0 Å². The third-order valence-corrected chi connectivity index (χ3v) is 6.35. The highest BCUT2D eigenvalue weighted by molar-refractivity contribution is 5.98. The van der Waals surface area contributed by atoms with Gasteiger partial charge in [0, 0.05) is 29.4 Å². The fourth-order valence-electron chi connectivity index (χ4n) is 4.52. The Labute approximate surface area is 212 Å². The normalized spacial score (nSPS) is 16.0. The van der Waals surface area contributed by atoms with E-state index >= 15 is 0 Å². The van der Waals surface area contributed by atoms with Gasteiger partial charge in [-0.05, 0) is 49.1 Å². The lowest BCUT2D eigenvalue weighted by Gasteiger charge is -2.25. The van der Waals surface area contributed by atoms with Gasteiger partial charge in [0.2, 0.25) is 0 Å². The molecule has 0 radical (unpaired) electrons. The number of aromatic nitrogens is 1. The Morgan fingerprint density at radius 1 is 1.11 bits per heavy atom. The molecule has 4 rings (SSSR count). The van der Waals surface area contributed by atoms with E-state index in [9.17, 15) is 23.6 Å². The molecule has 1 aliphatic heterocycles. The first-order valence-corrected chi connectivity index (χ1v) is 11.8. The quantitative estimate of drug-likeness (QED) is 0.318. The molecule has 8 nitrogen and oxygen atoms in total. The minimum atomic E-state index is -0.819. The van der Waals surface area contributed by atoms with Crippen molar-refractivity contribution in [1.29, 1.82) is 0 Å². The zero-order chi connectivity index (χ0) is 26.2. The van der Waals surface area contributed by atoms with Gasteiger partial charge in [-0.2, -0.15) is 0 Å². The molecule has 0 aliphatic carbocycles. The van der Waals surface area contributed by atoms with Crippen LogP contribution in [0, 0.1) is 11.7 Å². The lowest BCUT2D eigenvalue weighted by molar-refractivity contribution is 0.0937. The lowest BCUT2D eigenvalue weighted by Crippen LogP contribution is -2.45. The maximum Gasteiger partial charge on any atom is 0.268 e. The Morgan fingerprint density at radius 3 is 2.65 bits per heavy atom. The molecule has 2 heterocycles. The molecule has 37 heavy (non-hydrogen) atoms. The maximum absolute atomic E-state index is 13.6. The van der Waals surface area contributed by atoms with E-state index in [1.807, 2.05) is 42.2 Å². The molecule has 0 bridgehead atoms. The zero-order valence-electron chi connectivity index (χ0n) is 19.8. The summed E-state index contributed by atoms with van der Waals surface area (Å²) in [5.41, 5.74) is 1.99. The van der Waals surface area contributed by atoms with Gasteiger partial charge in [0.25, 0.3) is 5.91 Å².